The fourth-order valence-electron chi connectivity index (χ4n) is 2.39. The van der Waals surface area contributed by atoms with Crippen molar-refractivity contribution in [3.05, 3.63) is 0 Å². The van der Waals surface area contributed by atoms with Gasteiger partial charge in [0, 0.05) is 52.6 Å². The van der Waals surface area contributed by atoms with Gasteiger partial charge in [-0.05, 0) is 0 Å². The van der Waals surface area contributed by atoms with Gasteiger partial charge in [-0.25, -0.2) is 5.90 Å². The van der Waals surface area contributed by atoms with Gasteiger partial charge in [0.1, 0.15) is 0 Å². The Hall–Kier alpha value is -1.75. The molecule has 1 aliphatic rings. The summed E-state index contributed by atoms with van der Waals surface area (Å²) in [6.07, 6.45) is 0.423. The van der Waals surface area contributed by atoms with Gasteiger partial charge in [0.05, 0.1) is 26.4 Å². The standard InChI is InChI=1S/C15H29N5O5/c1-17-13(21)2-3-15(23)20-7-5-19(6-8-20)12-14(22)18-4-9-24-10-11-25-16/h2-12,16H2,1H3,(H,17,21)(H,18,22). The number of carbonyl (C=O) groups excluding carboxylic acids is 3. The van der Waals surface area contributed by atoms with Crippen LogP contribution in [0, 0.1) is 0 Å². The van der Waals surface area contributed by atoms with E-state index >= 15 is 0 Å². The zero-order valence-electron chi connectivity index (χ0n) is 14.8. The number of piperazine rings is 1. The number of hydrogen-bond acceptors (Lipinski definition) is 7. The molecule has 1 heterocycles. The van der Waals surface area contributed by atoms with Crippen LogP contribution >= 0.6 is 0 Å². The molecule has 0 aromatic heterocycles. The van der Waals surface area contributed by atoms with Crippen LogP contribution in [0.3, 0.4) is 0 Å². The molecule has 10 heteroatoms. The molecule has 3 amide bonds. The van der Waals surface area contributed by atoms with Crippen LogP contribution in [0.15, 0.2) is 0 Å². The highest BCUT2D eigenvalue weighted by atomic mass is 16.6. The summed E-state index contributed by atoms with van der Waals surface area (Å²) in [7, 11) is 1.55. The first-order chi connectivity index (χ1) is 12.1. The number of ether oxygens (including phenoxy) is 1. The van der Waals surface area contributed by atoms with E-state index in [2.05, 4.69) is 15.5 Å². The minimum absolute atomic E-state index is 0.0219. The van der Waals surface area contributed by atoms with E-state index in [1.807, 2.05) is 4.90 Å². The zero-order valence-corrected chi connectivity index (χ0v) is 14.8. The molecule has 1 aliphatic heterocycles. The molecule has 1 rings (SSSR count). The van der Waals surface area contributed by atoms with Gasteiger partial charge in [-0.3, -0.25) is 19.3 Å². The van der Waals surface area contributed by atoms with Gasteiger partial charge in [-0.2, -0.15) is 0 Å². The molecule has 0 bridgehead atoms. The van der Waals surface area contributed by atoms with Crippen molar-refractivity contribution in [2.75, 3.05) is 66.1 Å². The van der Waals surface area contributed by atoms with Gasteiger partial charge in [0.15, 0.2) is 0 Å². The largest absolute Gasteiger partial charge is 0.377 e. The first-order valence-electron chi connectivity index (χ1n) is 8.43. The minimum atomic E-state index is -0.136. The van der Waals surface area contributed by atoms with E-state index in [1.165, 1.54) is 0 Å². The van der Waals surface area contributed by atoms with Gasteiger partial charge < -0.3 is 25.1 Å². The molecule has 10 nitrogen and oxygen atoms in total. The maximum Gasteiger partial charge on any atom is 0.234 e. The SMILES string of the molecule is CNC(=O)CCC(=O)N1CCN(CC(=O)NCCOCCON)CC1. The van der Waals surface area contributed by atoms with Crippen molar-refractivity contribution in [1.82, 2.24) is 20.4 Å². The second-order valence-electron chi connectivity index (χ2n) is 5.66. The molecule has 0 unspecified atom stereocenters. The average molecular weight is 359 g/mol. The van der Waals surface area contributed by atoms with Crippen molar-refractivity contribution < 1.29 is 24.0 Å². The van der Waals surface area contributed by atoms with Gasteiger partial charge in [-0.15, -0.1) is 0 Å². The van der Waals surface area contributed by atoms with Crippen LogP contribution in [-0.2, 0) is 24.0 Å². The molecule has 0 aliphatic carbocycles. The molecular formula is C15H29N5O5. The van der Waals surface area contributed by atoms with E-state index in [1.54, 1.807) is 11.9 Å². The summed E-state index contributed by atoms with van der Waals surface area (Å²) in [5.41, 5.74) is 0. The van der Waals surface area contributed by atoms with Crippen LogP contribution in [0.1, 0.15) is 12.8 Å². The molecule has 4 N–H and O–H groups in total. The molecule has 0 aromatic rings. The maximum absolute atomic E-state index is 12.0. The number of nitrogens with one attached hydrogen (secondary N) is 2. The van der Waals surface area contributed by atoms with Crippen LogP contribution in [-0.4, -0.2) is 93.7 Å². The Kier molecular flexibility index (Phi) is 10.7. The lowest BCUT2D eigenvalue weighted by Gasteiger charge is -2.34. The Balaban J connectivity index is 2.12. The summed E-state index contributed by atoms with van der Waals surface area (Å²) in [5, 5.41) is 5.28. The van der Waals surface area contributed by atoms with Gasteiger partial charge in [0.2, 0.25) is 17.7 Å². The third-order valence-electron chi connectivity index (χ3n) is 3.85. The summed E-state index contributed by atoms with van der Waals surface area (Å²) in [6.45, 7) is 4.27. The molecule has 25 heavy (non-hydrogen) atoms. The minimum Gasteiger partial charge on any atom is -0.377 e. The highest BCUT2D eigenvalue weighted by Crippen LogP contribution is 2.05. The van der Waals surface area contributed by atoms with E-state index < -0.39 is 0 Å². The van der Waals surface area contributed by atoms with E-state index in [9.17, 15) is 14.4 Å². The predicted molar refractivity (Wildman–Crippen MR) is 90.3 cm³/mol. The maximum atomic E-state index is 12.0. The highest BCUT2D eigenvalue weighted by Gasteiger charge is 2.22. The summed E-state index contributed by atoms with van der Waals surface area (Å²) in [5.74, 6) is 4.63. The Morgan fingerprint density at radius 2 is 1.72 bits per heavy atom. The second-order valence-corrected chi connectivity index (χ2v) is 5.66. The fraction of sp³-hybridized carbons (Fsp3) is 0.800. The lowest BCUT2D eigenvalue weighted by atomic mass is 10.2. The van der Waals surface area contributed by atoms with Crippen molar-refractivity contribution in [2.45, 2.75) is 12.8 Å². The van der Waals surface area contributed by atoms with Crippen molar-refractivity contribution in [3.63, 3.8) is 0 Å². The summed E-state index contributed by atoms with van der Waals surface area (Å²) in [6, 6.07) is 0. The number of nitrogens with two attached hydrogens (primary N) is 1. The quantitative estimate of drug-likeness (QED) is 0.279. The van der Waals surface area contributed by atoms with E-state index in [-0.39, 0.29) is 30.6 Å². The molecule has 0 saturated carbocycles. The lowest BCUT2D eigenvalue weighted by molar-refractivity contribution is -0.135. The normalized spacial score (nSPS) is 15.0. The van der Waals surface area contributed by atoms with Crippen molar-refractivity contribution in [1.29, 1.82) is 0 Å². The molecule has 0 atom stereocenters. The third kappa shape index (κ3) is 9.34. The highest BCUT2D eigenvalue weighted by molar-refractivity contribution is 5.83. The first kappa shape index (κ1) is 21.3. The van der Waals surface area contributed by atoms with E-state index in [0.717, 1.165) is 0 Å². The van der Waals surface area contributed by atoms with E-state index in [0.29, 0.717) is 59.1 Å². The van der Waals surface area contributed by atoms with Gasteiger partial charge in [0.25, 0.3) is 0 Å². The Morgan fingerprint density at radius 3 is 2.36 bits per heavy atom. The monoisotopic (exact) mass is 359 g/mol. The van der Waals surface area contributed by atoms with Gasteiger partial charge >= 0.3 is 0 Å². The molecule has 1 saturated heterocycles. The first-order valence-corrected chi connectivity index (χ1v) is 8.43. The van der Waals surface area contributed by atoms with Crippen molar-refractivity contribution in [2.24, 2.45) is 5.90 Å². The second kappa shape index (κ2) is 12.6. The van der Waals surface area contributed by atoms with Crippen LogP contribution in [0.4, 0.5) is 0 Å². The predicted octanol–water partition coefficient (Wildman–Crippen LogP) is -2.32. The summed E-state index contributed by atoms with van der Waals surface area (Å²) in [4.78, 5) is 43.1. The average Bonchev–Trinajstić information content (AvgIpc) is 2.62. The number of nitrogens with zero attached hydrogens (tertiary/aromatic N) is 2. The molecule has 144 valence electrons. The molecule has 0 spiro atoms. The van der Waals surface area contributed by atoms with Crippen molar-refractivity contribution in [3.8, 4) is 0 Å². The number of hydrogen-bond donors (Lipinski definition) is 3. The van der Waals surface area contributed by atoms with Crippen LogP contribution in [0.25, 0.3) is 0 Å². The van der Waals surface area contributed by atoms with Crippen LogP contribution in [0.5, 0.6) is 0 Å². The topological polar surface area (TPSA) is 126 Å². The van der Waals surface area contributed by atoms with Crippen LogP contribution < -0.4 is 16.5 Å². The number of amides is 3. The lowest BCUT2D eigenvalue weighted by Crippen LogP contribution is -2.51. The zero-order chi connectivity index (χ0) is 18.5. The molecule has 0 aromatic carbocycles. The van der Waals surface area contributed by atoms with Crippen LogP contribution in [0.2, 0.25) is 0 Å². The Labute approximate surface area is 147 Å². The number of carbonyl (C=O) groups is 3. The summed E-state index contributed by atoms with van der Waals surface area (Å²) < 4.78 is 5.20. The fourth-order valence-corrected chi connectivity index (χ4v) is 2.39. The van der Waals surface area contributed by atoms with Gasteiger partial charge in [-0.1, -0.05) is 0 Å². The number of rotatable bonds is 11. The third-order valence-corrected chi connectivity index (χ3v) is 3.85. The molecule has 0 radical (unpaired) electrons. The van der Waals surface area contributed by atoms with E-state index in [4.69, 9.17) is 10.6 Å². The smallest absolute Gasteiger partial charge is 0.234 e. The van der Waals surface area contributed by atoms with Crippen molar-refractivity contribution >= 4 is 17.7 Å². The molecule has 1 fully saturated rings. The Morgan fingerprint density at radius 1 is 1.00 bits per heavy atom. The Bertz CT molecular complexity index is 427. The summed E-state index contributed by atoms with van der Waals surface area (Å²) >= 11 is 0. The molecular weight excluding hydrogens is 330 g/mol.